The number of benzene rings is 1. The molecule has 1 aliphatic carbocycles. The fourth-order valence-corrected chi connectivity index (χ4v) is 2.36. The van der Waals surface area contributed by atoms with Crippen molar-refractivity contribution >= 4 is 17.6 Å². The minimum atomic E-state index is -1.09. The Morgan fingerprint density at radius 2 is 2.06 bits per heavy atom. The summed E-state index contributed by atoms with van der Waals surface area (Å²) >= 11 is 5.75. The van der Waals surface area contributed by atoms with Gasteiger partial charge in [-0.1, -0.05) is 24.4 Å². The third-order valence-electron chi connectivity index (χ3n) is 3.20. The monoisotopic (exact) mass is 270 g/mol. The van der Waals surface area contributed by atoms with E-state index in [1.807, 2.05) is 0 Å². The van der Waals surface area contributed by atoms with Crippen LogP contribution in [0.25, 0.3) is 0 Å². The third-order valence-corrected chi connectivity index (χ3v) is 3.44. The topological polar surface area (TPSA) is 66.8 Å². The van der Waals surface area contributed by atoms with E-state index in [0.29, 0.717) is 17.9 Å². The van der Waals surface area contributed by atoms with Crippen LogP contribution in [0.5, 0.6) is 5.75 Å². The number of halogens is 1. The minimum absolute atomic E-state index is 0.0177. The molecule has 5 heteroatoms. The van der Waals surface area contributed by atoms with Gasteiger partial charge < -0.3 is 14.9 Å². The van der Waals surface area contributed by atoms with Gasteiger partial charge in [0.05, 0.1) is 5.60 Å². The van der Waals surface area contributed by atoms with Crippen LogP contribution in [0.3, 0.4) is 0 Å². The third kappa shape index (κ3) is 2.94. The molecule has 4 nitrogen and oxygen atoms in total. The highest BCUT2D eigenvalue weighted by atomic mass is 35.5. The number of rotatable bonds is 4. The molecule has 0 heterocycles. The van der Waals surface area contributed by atoms with Crippen molar-refractivity contribution < 1.29 is 19.7 Å². The molecule has 0 bridgehead atoms. The number of hydrogen-bond acceptors (Lipinski definition) is 3. The first-order valence-electron chi connectivity index (χ1n) is 5.88. The van der Waals surface area contributed by atoms with Crippen molar-refractivity contribution in [3.05, 3.63) is 28.8 Å². The van der Waals surface area contributed by atoms with Gasteiger partial charge in [-0.25, -0.2) is 4.79 Å². The van der Waals surface area contributed by atoms with Crippen LogP contribution >= 0.6 is 11.6 Å². The molecule has 1 aromatic carbocycles. The zero-order chi connectivity index (χ0) is 13.2. The van der Waals surface area contributed by atoms with Crippen molar-refractivity contribution in [1.29, 1.82) is 0 Å². The van der Waals surface area contributed by atoms with Gasteiger partial charge in [-0.3, -0.25) is 0 Å². The highest BCUT2D eigenvalue weighted by Gasteiger charge is 2.32. The number of aromatic carboxylic acids is 1. The lowest BCUT2D eigenvalue weighted by atomic mass is 10.0. The molecule has 0 amide bonds. The molecule has 0 radical (unpaired) electrons. The number of ether oxygens (including phenoxy) is 1. The first-order chi connectivity index (χ1) is 8.50. The summed E-state index contributed by atoms with van der Waals surface area (Å²) < 4.78 is 5.45. The zero-order valence-corrected chi connectivity index (χ0v) is 10.6. The second-order valence-corrected chi connectivity index (χ2v) is 5.10. The fourth-order valence-electron chi connectivity index (χ4n) is 2.18. The highest BCUT2D eigenvalue weighted by molar-refractivity contribution is 6.31. The Morgan fingerprint density at radius 1 is 1.39 bits per heavy atom. The van der Waals surface area contributed by atoms with Crippen LogP contribution in [0.4, 0.5) is 0 Å². The zero-order valence-electron chi connectivity index (χ0n) is 9.86. The van der Waals surface area contributed by atoms with Crippen LogP contribution in [0.2, 0.25) is 5.02 Å². The van der Waals surface area contributed by atoms with E-state index in [-0.39, 0.29) is 17.9 Å². The molecule has 2 rings (SSSR count). The first kappa shape index (κ1) is 13.2. The second kappa shape index (κ2) is 5.16. The molecule has 0 atom stereocenters. The summed E-state index contributed by atoms with van der Waals surface area (Å²) in [6.45, 7) is 0.120. The van der Waals surface area contributed by atoms with E-state index in [9.17, 15) is 9.90 Å². The Kier molecular flexibility index (Phi) is 3.78. The van der Waals surface area contributed by atoms with Gasteiger partial charge in [0.2, 0.25) is 0 Å². The lowest BCUT2D eigenvalue weighted by Crippen LogP contribution is -2.32. The minimum Gasteiger partial charge on any atom is -0.490 e. The van der Waals surface area contributed by atoms with E-state index in [4.69, 9.17) is 21.4 Å². The lowest BCUT2D eigenvalue weighted by Gasteiger charge is -2.22. The van der Waals surface area contributed by atoms with Crippen LogP contribution in [0.15, 0.2) is 18.2 Å². The summed E-state index contributed by atoms with van der Waals surface area (Å²) in [7, 11) is 0. The molecule has 0 aromatic heterocycles. The molecular formula is C13H15ClO4. The average Bonchev–Trinajstić information content (AvgIpc) is 2.75. The standard InChI is InChI=1S/C13H15ClO4/c14-9-3-4-11(10(7-9)12(15)16)18-8-13(17)5-1-2-6-13/h3-4,7,17H,1-2,5-6,8H2,(H,15,16). The van der Waals surface area contributed by atoms with Crippen molar-refractivity contribution in [1.82, 2.24) is 0 Å². The predicted octanol–water partition coefficient (Wildman–Crippen LogP) is 2.72. The summed E-state index contributed by atoms with van der Waals surface area (Å²) in [6, 6.07) is 4.43. The average molecular weight is 271 g/mol. The number of hydrogen-bond donors (Lipinski definition) is 2. The van der Waals surface area contributed by atoms with Crippen LogP contribution in [0, 0.1) is 0 Å². The van der Waals surface area contributed by atoms with Crippen molar-refractivity contribution in [2.24, 2.45) is 0 Å². The molecule has 1 fully saturated rings. The van der Waals surface area contributed by atoms with Gasteiger partial charge in [0.25, 0.3) is 0 Å². The molecule has 1 aliphatic rings. The Labute approximate surface area is 110 Å². The van der Waals surface area contributed by atoms with Crippen LogP contribution in [0.1, 0.15) is 36.0 Å². The molecule has 0 aliphatic heterocycles. The maximum Gasteiger partial charge on any atom is 0.339 e. The van der Waals surface area contributed by atoms with E-state index < -0.39 is 11.6 Å². The number of aliphatic hydroxyl groups is 1. The van der Waals surface area contributed by atoms with E-state index in [2.05, 4.69) is 0 Å². The molecule has 0 unspecified atom stereocenters. The van der Waals surface area contributed by atoms with Crippen molar-refractivity contribution in [3.8, 4) is 5.75 Å². The normalized spacial score (nSPS) is 17.7. The van der Waals surface area contributed by atoms with Crippen LogP contribution in [-0.2, 0) is 0 Å². The van der Waals surface area contributed by atoms with E-state index in [0.717, 1.165) is 12.8 Å². The van der Waals surface area contributed by atoms with Gasteiger partial charge in [-0.05, 0) is 31.0 Å². The lowest BCUT2D eigenvalue weighted by molar-refractivity contribution is 0.000907. The van der Waals surface area contributed by atoms with Gasteiger partial charge in [0.15, 0.2) is 0 Å². The molecule has 0 saturated heterocycles. The summed E-state index contributed by atoms with van der Waals surface area (Å²) in [4.78, 5) is 11.0. The van der Waals surface area contributed by atoms with E-state index in [1.165, 1.54) is 12.1 Å². The molecule has 1 aromatic rings. The van der Waals surface area contributed by atoms with Gasteiger partial charge in [0, 0.05) is 5.02 Å². The Hall–Kier alpha value is -1.26. The van der Waals surface area contributed by atoms with E-state index >= 15 is 0 Å². The second-order valence-electron chi connectivity index (χ2n) is 4.67. The summed E-state index contributed by atoms with van der Waals surface area (Å²) in [5, 5.41) is 19.5. The number of carboxylic acids is 1. The number of carboxylic acid groups (broad SMARTS) is 1. The van der Waals surface area contributed by atoms with Gasteiger partial charge in [-0.2, -0.15) is 0 Å². The summed E-state index contributed by atoms with van der Waals surface area (Å²) in [5.74, 6) is -0.849. The predicted molar refractivity (Wildman–Crippen MR) is 67.3 cm³/mol. The molecular weight excluding hydrogens is 256 g/mol. The summed E-state index contributed by atoms with van der Waals surface area (Å²) in [6.07, 6.45) is 3.35. The Bertz CT molecular complexity index is 452. The van der Waals surface area contributed by atoms with Gasteiger partial charge in [-0.15, -0.1) is 0 Å². The fraction of sp³-hybridized carbons (Fsp3) is 0.462. The largest absolute Gasteiger partial charge is 0.490 e. The molecule has 1 saturated carbocycles. The quantitative estimate of drug-likeness (QED) is 0.883. The van der Waals surface area contributed by atoms with Crippen molar-refractivity contribution in [3.63, 3.8) is 0 Å². The number of carbonyl (C=O) groups is 1. The highest BCUT2D eigenvalue weighted by Crippen LogP contribution is 2.31. The molecule has 0 spiro atoms. The van der Waals surface area contributed by atoms with Crippen molar-refractivity contribution in [2.45, 2.75) is 31.3 Å². The molecule has 98 valence electrons. The van der Waals surface area contributed by atoms with E-state index in [1.54, 1.807) is 6.07 Å². The van der Waals surface area contributed by atoms with Crippen LogP contribution in [-0.4, -0.2) is 28.4 Å². The smallest absolute Gasteiger partial charge is 0.339 e. The Balaban J connectivity index is 2.11. The molecule has 2 N–H and O–H groups in total. The summed E-state index contributed by atoms with van der Waals surface area (Å²) in [5.41, 5.74) is -0.806. The maximum absolute atomic E-state index is 11.0. The van der Waals surface area contributed by atoms with Crippen LogP contribution < -0.4 is 4.74 Å². The maximum atomic E-state index is 11.0. The van der Waals surface area contributed by atoms with Gasteiger partial charge in [0.1, 0.15) is 17.9 Å². The van der Waals surface area contributed by atoms with Gasteiger partial charge >= 0.3 is 5.97 Å². The van der Waals surface area contributed by atoms with Crippen molar-refractivity contribution in [2.75, 3.05) is 6.61 Å². The SMILES string of the molecule is O=C(O)c1cc(Cl)ccc1OCC1(O)CCCC1. The first-order valence-corrected chi connectivity index (χ1v) is 6.26. The Morgan fingerprint density at radius 3 is 2.67 bits per heavy atom. The molecule has 18 heavy (non-hydrogen) atoms.